The van der Waals surface area contributed by atoms with Gasteiger partial charge in [0, 0.05) is 17.1 Å². The molecule has 0 aliphatic heterocycles. The molecule has 26 heavy (non-hydrogen) atoms. The van der Waals surface area contributed by atoms with Crippen LogP contribution in [0.2, 0.25) is 5.02 Å². The second-order valence-electron chi connectivity index (χ2n) is 7.05. The molecule has 146 valence electrons. The van der Waals surface area contributed by atoms with Gasteiger partial charge in [-0.15, -0.1) is 0 Å². The van der Waals surface area contributed by atoms with E-state index < -0.39 is 10.0 Å². The molecule has 0 heterocycles. The quantitative estimate of drug-likeness (QED) is 0.717. The Bertz CT molecular complexity index is 685. The molecule has 2 rings (SSSR count). The highest BCUT2D eigenvalue weighted by Crippen LogP contribution is 2.28. The van der Waals surface area contributed by atoms with Crippen LogP contribution in [-0.2, 0) is 14.8 Å². The first-order chi connectivity index (χ1) is 12.3. The van der Waals surface area contributed by atoms with E-state index in [0.717, 1.165) is 44.9 Å². The number of sulfonamides is 1. The first kappa shape index (κ1) is 21.2. The SMILES string of the molecule is CCCC(C)NC(=O)CN(C1CCCCC1)S(=O)(=O)c1ccc(Cl)cc1. The third kappa shape index (κ3) is 5.69. The van der Waals surface area contributed by atoms with Gasteiger partial charge in [-0.1, -0.05) is 44.2 Å². The van der Waals surface area contributed by atoms with Crippen LogP contribution in [0.3, 0.4) is 0 Å². The number of nitrogens with zero attached hydrogens (tertiary/aromatic N) is 1. The van der Waals surface area contributed by atoms with Gasteiger partial charge in [0.1, 0.15) is 0 Å². The van der Waals surface area contributed by atoms with Crippen molar-refractivity contribution < 1.29 is 13.2 Å². The average Bonchev–Trinajstić information content (AvgIpc) is 2.61. The molecule has 1 aromatic rings. The maximum atomic E-state index is 13.2. The topological polar surface area (TPSA) is 66.5 Å². The number of rotatable bonds is 8. The summed E-state index contributed by atoms with van der Waals surface area (Å²) in [4.78, 5) is 12.7. The lowest BCUT2D eigenvalue weighted by molar-refractivity contribution is -0.122. The Hall–Kier alpha value is -1.11. The van der Waals surface area contributed by atoms with Gasteiger partial charge in [-0.25, -0.2) is 8.42 Å². The predicted octanol–water partition coefficient (Wildman–Crippen LogP) is 3.97. The van der Waals surface area contributed by atoms with Gasteiger partial charge in [0.15, 0.2) is 0 Å². The zero-order valence-corrected chi connectivity index (χ0v) is 17.2. The van der Waals surface area contributed by atoms with E-state index in [0.29, 0.717) is 5.02 Å². The van der Waals surface area contributed by atoms with Crippen LogP contribution in [-0.4, -0.2) is 37.3 Å². The second-order valence-corrected chi connectivity index (χ2v) is 9.38. The van der Waals surface area contributed by atoms with Gasteiger partial charge in [-0.2, -0.15) is 4.31 Å². The number of hydrogen-bond donors (Lipinski definition) is 1. The molecule has 7 heteroatoms. The molecule has 1 aromatic carbocycles. The molecule has 0 spiro atoms. The van der Waals surface area contributed by atoms with E-state index in [9.17, 15) is 13.2 Å². The molecule has 1 unspecified atom stereocenters. The number of halogens is 1. The van der Waals surface area contributed by atoms with Gasteiger partial charge in [-0.05, 0) is 50.5 Å². The van der Waals surface area contributed by atoms with E-state index in [1.54, 1.807) is 12.1 Å². The molecular formula is C19H29ClN2O3S. The van der Waals surface area contributed by atoms with E-state index in [1.807, 2.05) is 6.92 Å². The number of amides is 1. The molecule has 0 saturated heterocycles. The highest BCUT2D eigenvalue weighted by Gasteiger charge is 2.34. The summed E-state index contributed by atoms with van der Waals surface area (Å²) in [6, 6.07) is 6.06. The third-order valence-electron chi connectivity index (χ3n) is 4.83. The Morgan fingerprint density at radius 2 is 1.85 bits per heavy atom. The molecule has 1 saturated carbocycles. The van der Waals surface area contributed by atoms with E-state index in [-0.39, 0.29) is 29.4 Å². The van der Waals surface area contributed by atoms with Crippen LogP contribution in [0.5, 0.6) is 0 Å². The van der Waals surface area contributed by atoms with Crippen molar-refractivity contribution in [3.05, 3.63) is 29.3 Å². The van der Waals surface area contributed by atoms with E-state index in [4.69, 9.17) is 11.6 Å². The van der Waals surface area contributed by atoms with Gasteiger partial charge in [0.2, 0.25) is 15.9 Å². The minimum atomic E-state index is -3.75. The number of carbonyl (C=O) groups is 1. The molecular weight excluding hydrogens is 372 g/mol. The Balaban J connectivity index is 2.22. The summed E-state index contributed by atoms with van der Waals surface area (Å²) in [5, 5.41) is 3.40. The van der Waals surface area contributed by atoms with Crippen LogP contribution in [0, 0.1) is 0 Å². The molecule has 1 aliphatic rings. The largest absolute Gasteiger partial charge is 0.353 e. The van der Waals surface area contributed by atoms with Gasteiger partial charge in [0.25, 0.3) is 0 Å². The maximum Gasteiger partial charge on any atom is 0.243 e. The molecule has 0 aromatic heterocycles. The van der Waals surface area contributed by atoms with Crippen molar-refractivity contribution in [1.82, 2.24) is 9.62 Å². The van der Waals surface area contributed by atoms with Crippen molar-refractivity contribution in [3.8, 4) is 0 Å². The average molecular weight is 401 g/mol. The lowest BCUT2D eigenvalue weighted by atomic mass is 9.95. The lowest BCUT2D eigenvalue weighted by Crippen LogP contribution is -2.48. The molecule has 1 fully saturated rings. The first-order valence-electron chi connectivity index (χ1n) is 9.41. The molecule has 5 nitrogen and oxygen atoms in total. The zero-order chi connectivity index (χ0) is 19.2. The number of hydrogen-bond acceptors (Lipinski definition) is 3. The Morgan fingerprint density at radius 1 is 1.23 bits per heavy atom. The fraction of sp³-hybridized carbons (Fsp3) is 0.632. The molecule has 1 aliphatic carbocycles. The van der Waals surface area contributed by atoms with Crippen molar-refractivity contribution in [2.45, 2.75) is 75.8 Å². The highest BCUT2D eigenvalue weighted by atomic mass is 35.5. The summed E-state index contributed by atoms with van der Waals surface area (Å²) in [5.74, 6) is -0.242. The Morgan fingerprint density at radius 3 is 2.42 bits per heavy atom. The zero-order valence-electron chi connectivity index (χ0n) is 15.6. The minimum absolute atomic E-state index is 0.0407. The van der Waals surface area contributed by atoms with Crippen molar-refractivity contribution in [1.29, 1.82) is 0 Å². The first-order valence-corrected chi connectivity index (χ1v) is 11.2. The standard InChI is InChI=1S/C19H29ClN2O3S/c1-3-7-15(2)21-19(23)14-22(17-8-5-4-6-9-17)26(24,25)18-12-10-16(20)11-13-18/h10-13,15,17H,3-9,14H2,1-2H3,(H,21,23). The summed E-state index contributed by atoms with van der Waals surface area (Å²) in [5.41, 5.74) is 0. The third-order valence-corrected chi connectivity index (χ3v) is 7.00. The van der Waals surface area contributed by atoms with Crippen molar-refractivity contribution in [2.75, 3.05) is 6.54 Å². The summed E-state index contributed by atoms with van der Waals surface area (Å²) in [7, 11) is -3.75. The van der Waals surface area contributed by atoms with Crippen molar-refractivity contribution in [2.24, 2.45) is 0 Å². The Labute approximate surface area is 162 Å². The van der Waals surface area contributed by atoms with Crippen LogP contribution in [0.25, 0.3) is 0 Å². The van der Waals surface area contributed by atoms with E-state index >= 15 is 0 Å². The predicted molar refractivity (Wildman–Crippen MR) is 105 cm³/mol. The number of nitrogens with one attached hydrogen (secondary N) is 1. The monoisotopic (exact) mass is 400 g/mol. The highest BCUT2D eigenvalue weighted by molar-refractivity contribution is 7.89. The molecule has 1 atom stereocenters. The normalized spacial score (nSPS) is 17.2. The van der Waals surface area contributed by atoms with E-state index in [1.165, 1.54) is 16.4 Å². The fourth-order valence-corrected chi connectivity index (χ4v) is 5.26. The molecule has 0 radical (unpaired) electrons. The van der Waals surface area contributed by atoms with Crippen LogP contribution in [0.15, 0.2) is 29.2 Å². The van der Waals surface area contributed by atoms with Gasteiger partial charge in [-0.3, -0.25) is 4.79 Å². The smallest absolute Gasteiger partial charge is 0.243 e. The van der Waals surface area contributed by atoms with Crippen LogP contribution in [0.1, 0.15) is 58.8 Å². The summed E-state index contributed by atoms with van der Waals surface area (Å²) in [6.07, 6.45) is 6.53. The summed E-state index contributed by atoms with van der Waals surface area (Å²) < 4.78 is 27.8. The van der Waals surface area contributed by atoms with Crippen LogP contribution >= 0.6 is 11.6 Å². The number of benzene rings is 1. The minimum Gasteiger partial charge on any atom is -0.353 e. The lowest BCUT2D eigenvalue weighted by Gasteiger charge is -2.33. The van der Waals surface area contributed by atoms with Crippen LogP contribution < -0.4 is 5.32 Å². The molecule has 0 bridgehead atoms. The second kappa shape index (κ2) is 9.72. The molecule has 1 N–H and O–H groups in total. The van der Waals surface area contributed by atoms with Crippen molar-refractivity contribution >= 4 is 27.5 Å². The van der Waals surface area contributed by atoms with Crippen LogP contribution in [0.4, 0.5) is 0 Å². The summed E-state index contributed by atoms with van der Waals surface area (Å²) >= 11 is 5.89. The van der Waals surface area contributed by atoms with Gasteiger partial charge in [0.05, 0.1) is 11.4 Å². The fourth-order valence-electron chi connectivity index (χ4n) is 3.49. The summed E-state index contributed by atoms with van der Waals surface area (Å²) in [6.45, 7) is 3.87. The Kier molecular flexibility index (Phi) is 7.92. The van der Waals surface area contributed by atoms with Gasteiger partial charge < -0.3 is 5.32 Å². The maximum absolute atomic E-state index is 13.2. The molecule has 1 amide bonds. The van der Waals surface area contributed by atoms with Crippen molar-refractivity contribution in [3.63, 3.8) is 0 Å². The van der Waals surface area contributed by atoms with E-state index in [2.05, 4.69) is 12.2 Å². The van der Waals surface area contributed by atoms with Gasteiger partial charge >= 0.3 is 0 Å². The number of carbonyl (C=O) groups excluding carboxylic acids is 1.